The summed E-state index contributed by atoms with van der Waals surface area (Å²) in [4.78, 5) is 39.6. The number of ether oxygens (including phenoxy) is 3. The van der Waals surface area contributed by atoms with E-state index in [1.165, 1.54) is 25.2 Å². The molecule has 0 saturated carbocycles. The summed E-state index contributed by atoms with van der Waals surface area (Å²) in [6, 6.07) is 7.06. The summed E-state index contributed by atoms with van der Waals surface area (Å²) in [6.45, 7) is 0. The van der Waals surface area contributed by atoms with Gasteiger partial charge in [0.2, 0.25) is 18.0 Å². The highest BCUT2D eigenvalue weighted by Crippen LogP contribution is 2.45. The molecule has 1 saturated heterocycles. The Morgan fingerprint density at radius 1 is 1.16 bits per heavy atom. The van der Waals surface area contributed by atoms with Gasteiger partial charge in [-0.15, -0.1) is 0 Å². The highest BCUT2D eigenvalue weighted by molar-refractivity contribution is 6.35. The molecule has 0 radical (unpaired) electrons. The van der Waals surface area contributed by atoms with Gasteiger partial charge in [0.15, 0.2) is 11.5 Å². The van der Waals surface area contributed by atoms with Gasteiger partial charge in [0.1, 0.15) is 11.6 Å². The second-order valence-electron chi connectivity index (χ2n) is 6.99. The molecule has 8 nitrogen and oxygen atoms in total. The Morgan fingerprint density at radius 2 is 1.94 bits per heavy atom. The Kier molecular flexibility index (Phi) is 5.68. The third-order valence-electron chi connectivity index (χ3n) is 5.26. The van der Waals surface area contributed by atoms with Gasteiger partial charge in [-0.05, 0) is 36.8 Å². The van der Waals surface area contributed by atoms with Crippen molar-refractivity contribution in [3.63, 3.8) is 0 Å². The van der Waals surface area contributed by atoms with Crippen LogP contribution >= 0.6 is 23.2 Å². The molecular formula is C21H18Cl2N2O6. The van der Waals surface area contributed by atoms with Crippen LogP contribution in [0.5, 0.6) is 11.5 Å². The minimum atomic E-state index is -1.05. The molecule has 2 amide bonds. The van der Waals surface area contributed by atoms with Crippen molar-refractivity contribution in [1.29, 1.82) is 0 Å². The number of anilines is 1. The fraction of sp³-hybridized carbons (Fsp3) is 0.286. The minimum Gasteiger partial charge on any atom is -0.493 e. The highest BCUT2D eigenvalue weighted by atomic mass is 35.5. The number of benzene rings is 2. The van der Waals surface area contributed by atoms with E-state index in [0.29, 0.717) is 27.0 Å². The number of likely N-dealkylation sites (tertiary alicyclic amines) is 1. The maximum atomic E-state index is 13.0. The molecule has 2 aliphatic rings. The molecule has 10 heteroatoms. The molecule has 2 aliphatic heterocycles. The Hall–Kier alpha value is -2.97. The molecule has 2 aromatic carbocycles. The molecule has 2 atom stereocenters. The van der Waals surface area contributed by atoms with Crippen LogP contribution in [0.1, 0.15) is 35.0 Å². The van der Waals surface area contributed by atoms with Crippen LogP contribution in [0.15, 0.2) is 30.3 Å². The third kappa shape index (κ3) is 3.66. The first-order valence-corrected chi connectivity index (χ1v) is 10.1. The zero-order chi connectivity index (χ0) is 22.3. The number of hydrogen-bond donors (Lipinski definition) is 1. The number of rotatable bonds is 5. The molecular weight excluding hydrogens is 447 g/mol. The monoisotopic (exact) mass is 464 g/mol. The topological polar surface area (TPSA) is 94.2 Å². The number of nitrogens with zero attached hydrogens (tertiary/aromatic N) is 1. The first-order valence-electron chi connectivity index (χ1n) is 9.38. The molecule has 4 rings (SSSR count). The van der Waals surface area contributed by atoms with Crippen molar-refractivity contribution in [3.8, 4) is 11.5 Å². The van der Waals surface area contributed by atoms with Gasteiger partial charge in [0.05, 0.1) is 24.9 Å². The maximum Gasteiger partial charge on any atom is 0.344 e. The van der Waals surface area contributed by atoms with Crippen molar-refractivity contribution in [1.82, 2.24) is 4.90 Å². The van der Waals surface area contributed by atoms with Gasteiger partial charge in [-0.1, -0.05) is 23.2 Å². The normalized spacial score (nSPS) is 19.8. The van der Waals surface area contributed by atoms with Crippen LogP contribution < -0.4 is 14.8 Å². The second kappa shape index (κ2) is 8.28. The molecule has 0 spiro atoms. The van der Waals surface area contributed by atoms with Gasteiger partial charge in [-0.25, -0.2) is 4.79 Å². The number of methoxy groups -OCH3 is 2. The Labute approximate surface area is 188 Å². The van der Waals surface area contributed by atoms with E-state index in [-0.39, 0.29) is 30.1 Å². The molecule has 0 unspecified atom stereocenters. The molecule has 1 fully saturated rings. The first-order chi connectivity index (χ1) is 14.8. The van der Waals surface area contributed by atoms with Crippen LogP contribution in [0.4, 0.5) is 5.69 Å². The van der Waals surface area contributed by atoms with Crippen molar-refractivity contribution in [2.45, 2.75) is 25.1 Å². The summed E-state index contributed by atoms with van der Waals surface area (Å²) in [5, 5.41) is 3.42. The zero-order valence-corrected chi connectivity index (χ0v) is 18.1. The van der Waals surface area contributed by atoms with Crippen molar-refractivity contribution in [2.75, 3.05) is 19.5 Å². The third-order valence-corrected chi connectivity index (χ3v) is 5.83. The number of carbonyl (C=O) groups excluding carboxylic acids is 3. The van der Waals surface area contributed by atoms with E-state index in [2.05, 4.69) is 5.32 Å². The first kappa shape index (κ1) is 21.3. The summed E-state index contributed by atoms with van der Waals surface area (Å²) in [5.74, 6) is -0.854. The van der Waals surface area contributed by atoms with Crippen molar-refractivity contribution in [2.24, 2.45) is 0 Å². The lowest BCUT2D eigenvalue weighted by molar-refractivity contribution is -0.144. The number of hydrogen-bond acceptors (Lipinski definition) is 6. The SMILES string of the molecule is COc1ccc2c(c1OC)C(=O)O[C@H]2N1C(=O)CC[C@H]1C(=O)Nc1cc(Cl)ccc1Cl. The van der Waals surface area contributed by atoms with E-state index < -0.39 is 24.1 Å². The van der Waals surface area contributed by atoms with Gasteiger partial charge < -0.3 is 19.5 Å². The predicted octanol–water partition coefficient (Wildman–Crippen LogP) is 3.81. The average Bonchev–Trinajstić information content (AvgIpc) is 3.29. The summed E-state index contributed by atoms with van der Waals surface area (Å²) >= 11 is 12.1. The number of amides is 2. The van der Waals surface area contributed by atoms with Crippen LogP contribution in [0.3, 0.4) is 0 Å². The van der Waals surface area contributed by atoms with Crippen molar-refractivity contribution >= 4 is 46.7 Å². The summed E-state index contributed by atoms with van der Waals surface area (Å²) in [6.07, 6.45) is -0.653. The molecule has 0 bridgehead atoms. The molecule has 1 N–H and O–H groups in total. The summed E-state index contributed by atoms with van der Waals surface area (Å²) in [7, 11) is 2.86. The van der Waals surface area contributed by atoms with Gasteiger partial charge >= 0.3 is 5.97 Å². The molecule has 162 valence electrons. The van der Waals surface area contributed by atoms with E-state index >= 15 is 0 Å². The van der Waals surface area contributed by atoms with Crippen LogP contribution in [-0.4, -0.2) is 42.9 Å². The van der Waals surface area contributed by atoms with E-state index in [0.717, 1.165) is 0 Å². The van der Waals surface area contributed by atoms with E-state index in [9.17, 15) is 14.4 Å². The fourth-order valence-electron chi connectivity index (χ4n) is 3.85. The maximum absolute atomic E-state index is 13.0. The molecule has 0 aromatic heterocycles. The molecule has 2 heterocycles. The minimum absolute atomic E-state index is 0.137. The van der Waals surface area contributed by atoms with Crippen LogP contribution in [-0.2, 0) is 14.3 Å². The van der Waals surface area contributed by atoms with E-state index in [1.807, 2.05) is 0 Å². The average molecular weight is 465 g/mol. The summed E-state index contributed by atoms with van der Waals surface area (Å²) in [5.41, 5.74) is 0.925. The lowest BCUT2D eigenvalue weighted by atomic mass is 10.1. The number of carbonyl (C=O) groups is 3. The number of nitrogens with one attached hydrogen (secondary N) is 1. The number of halogens is 2. The quantitative estimate of drug-likeness (QED) is 0.676. The number of esters is 1. The lowest BCUT2D eigenvalue weighted by Crippen LogP contribution is -2.43. The van der Waals surface area contributed by atoms with Crippen LogP contribution in [0, 0.1) is 0 Å². The van der Waals surface area contributed by atoms with Crippen molar-refractivity contribution in [3.05, 3.63) is 51.5 Å². The van der Waals surface area contributed by atoms with Gasteiger partial charge in [-0.3, -0.25) is 14.5 Å². The van der Waals surface area contributed by atoms with Crippen LogP contribution in [0.25, 0.3) is 0 Å². The van der Waals surface area contributed by atoms with Gasteiger partial charge in [0.25, 0.3) is 0 Å². The zero-order valence-electron chi connectivity index (χ0n) is 16.6. The fourth-order valence-corrected chi connectivity index (χ4v) is 4.19. The molecule has 2 aromatic rings. The van der Waals surface area contributed by atoms with Gasteiger partial charge in [-0.2, -0.15) is 0 Å². The van der Waals surface area contributed by atoms with Crippen LogP contribution in [0.2, 0.25) is 10.0 Å². The Bertz CT molecular complexity index is 1090. The standard InChI is InChI=1S/C21H18Cl2N2O6/c1-29-15-7-4-11-17(18(15)30-2)21(28)31-20(11)25-14(6-8-16(25)26)19(27)24-13-9-10(22)3-5-12(13)23/h3-5,7,9,14,20H,6,8H2,1-2H3,(H,24,27)/t14-,20+/m0/s1. The number of fused-ring (bicyclic) bond motifs is 1. The second-order valence-corrected chi connectivity index (χ2v) is 7.84. The predicted molar refractivity (Wildman–Crippen MR) is 113 cm³/mol. The Morgan fingerprint density at radius 3 is 2.65 bits per heavy atom. The van der Waals surface area contributed by atoms with E-state index in [1.54, 1.807) is 24.3 Å². The highest BCUT2D eigenvalue weighted by Gasteiger charge is 2.47. The van der Waals surface area contributed by atoms with Gasteiger partial charge in [0, 0.05) is 17.0 Å². The number of cyclic esters (lactones) is 1. The summed E-state index contributed by atoms with van der Waals surface area (Å²) < 4.78 is 16.1. The molecule has 0 aliphatic carbocycles. The van der Waals surface area contributed by atoms with Crippen molar-refractivity contribution < 1.29 is 28.6 Å². The smallest absolute Gasteiger partial charge is 0.344 e. The van der Waals surface area contributed by atoms with E-state index in [4.69, 9.17) is 37.4 Å². The lowest BCUT2D eigenvalue weighted by Gasteiger charge is -2.29. The molecule has 31 heavy (non-hydrogen) atoms. The largest absolute Gasteiger partial charge is 0.493 e. The Balaban J connectivity index is 1.66.